The predicted molar refractivity (Wildman–Crippen MR) is 76.0 cm³/mol. The number of allylic oxidation sites excluding steroid dienone is 2. The smallest absolute Gasteiger partial charge is 0.330 e. The summed E-state index contributed by atoms with van der Waals surface area (Å²) in [5.41, 5.74) is 0. The Kier molecular flexibility index (Phi) is 11.4. The second kappa shape index (κ2) is 12.4. The number of aliphatic hydroxyl groups excluding tert-OH is 1. The first-order chi connectivity index (χ1) is 9.60. The molecule has 0 fully saturated rings. The van der Waals surface area contributed by atoms with Crippen molar-refractivity contribution >= 4 is 11.9 Å². The van der Waals surface area contributed by atoms with Crippen molar-refractivity contribution in [3.63, 3.8) is 0 Å². The molecule has 5 nitrogen and oxygen atoms in total. The minimum absolute atomic E-state index is 0.360. The van der Waals surface area contributed by atoms with Gasteiger partial charge in [-0.05, 0) is 39.5 Å². The van der Waals surface area contributed by atoms with Gasteiger partial charge < -0.3 is 14.6 Å². The van der Waals surface area contributed by atoms with Crippen LogP contribution < -0.4 is 0 Å². The Hall–Kier alpha value is -1.62. The zero-order valence-corrected chi connectivity index (χ0v) is 12.2. The first kappa shape index (κ1) is 18.4. The molecule has 1 N–H and O–H groups in total. The molecule has 0 bridgehead atoms. The highest BCUT2D eigenvalue weighted by Gasteiger charge is 2.02. The number of carbonyl (C=O) groups excluding carboxylic acids is 2. The number of esters is 2. The van der Waals surface area contributed by atoms with Crippen LogP contribution in [0.4, 0.5) is 0 Å². The summed E-state index contributed by atoms with van der Waals surface area (Å²) in [6, 6.07) is 0. The van der Waals surface area contributed by atoms with Crippen LogP contribution in [-0.2, 0) is 19.1 Å². The van der Waals surface area contributed by atoms with E-state index in [0.717, 1.165) is 0 Å². The van der Waals surface area contributed by atoms with E-state index >= 15 is 0 Å². The predicted octanol–water partition coefficient (Wildman–Crippen LogP) is 2.15. The van der Waals surface area contributed by atoms with E-state index in [1.165, 1.54) is 12.2 Å². The molecule has 0 aliphatic heterocycles. The van der Waals surface area contributed by atoms with Crippen molar-refractivity contribution in [2.75, 3.05) is 13.2 Å². The fourth-order valence-electron chi connectivity index (χ4n) is 1.46. The monoisotopic (exact) mass is 284 g/mol. The lowest BCUT2D eigenvalue weighted by atomic mass is 10.1. The van der Waals surface area contributed by atoms with Crippen LogP contribution in [0.3, 0.4) is 0 Å². The number of hydrogen-bond acceptors (Lipinski definition) is 5. The van der Waals surface area contributed by atoms with Crippen LogP contribution in [0, 0.1) is 0 Å². The molecule has 114 valence electrons. The number of rotatable bonds is 10. The quantitative estimate of drug-likeness (QED) is 0.491. The van der Waals surface area contributed by atoms with Gasteiger partial charge >= 0.3 is 11.9 Å². The minimum atomic E-state index is -0.450. The van der Waals surface area contributed by atoms with Crippen LogP contribution in [0.1, 0.15) is 39.5 Å². The lowest BCUT2D eigenvalue weighted by Gasteiger charge is -2.06. The van der Waals surface area contributed by atoms with Gasteiger partial charge in [-0.2, -0.15) is 0 Å². The van der Waals surface area contributed by atoms with E-state index in [0.29, 0.717) is 38.9 Å². The molecule has 0 aromatic heterocycles. The van der Waals surface area contributed by atoms with Gasteiger partial charge in [-0.15, -0.1) is 0 Å². The van der Waals surface area contributed by atoms with Gasteiger partial charge in [0.25, 0.3) is 0 Å². The molecule has 0 atom stereocenters. The molecule has 0 saturated heterocycles. The molecule has 0 amide bonds. The fourth-order valence-corrected chi connectivity index (χ4v) is 1.46. The van der Waals surface area contributed by atoms with Gasteiger partial charge in [0.1, 0.15) is 0 Å². The summed E-state index contributed by atoms with van der Waals surface area (Å²) in [7, 11) is 0. The van der Waals surface area contributed by atoms with E-state index < -0.39 is 6.10 Å². The van der Waals surface area contributed by atoms with Crippen molar-refractivity contribution in [3.05, 3.63) is 24.3 Å². The molecule has 0 saturated carbocycles. The lowest BCUT2D eigenvalue weighted by molar-refractivity contribution is -0.138. The van der Waals surface area contributed by atoms with Crippen molar-refractivity contribution in [3.8, 4) is 0 Å². The summed E-state index contributed by atoms with van der Waals surface area (Å²) < 4.78 is 9.46. The van der Waals surface area contributed by atoms with Crippen molar-refractivity contribution in [1.29, 1.82) is 0 Å². The average Bonchev–Trinajstić information content (AvgIpc) is 2.40. The van der Waals surface area contributed by atoms with Gasteiger partial charge in [0.15, 0.2) is 0 Å². The summed E-state index contributed by atoms with van der Waals surface area (Å²) >= 11 is 0. The third-order valence-corrected chi connectivity index (χ3v) is 2.41. The van der Waals surface area contributed by atoms with Gasteiger partial charge in [0.05, 0.1) is 19.3 Å². The number of aliphatic hydroxyl groups is 1. The maximum atomic E-state index is 11.0. The maximum absolute atomic E-state index is 11.0. The molecule has 5 heteroatoms. The van der Waals surface area contributed by atoms with Gasteiger partial charge in [-0.1, -0.05) is 12.2 Å². The molecule has 0 spiro atoms. The van der Waals surface area contributed by atoms with Crippen LogP contribution in [0.15, 0.2) is 24.3 Å². The highest BCUT2D eigenvalue weighted by Crippen LogP contribution is 2.06. The summed E-state index contributed by atoms with van der Waals surface area (Å²) in [4.78, 5) is 22.0. The Morgan fingerprint density at radius 3 is 1.70 bits per heavy atom. The Bertz CT molecular complexity index is 301. The van der Waals surface area contributed by atoms with Gasteiger partial charge in [-0.25, -0.2) is 9.59 Å². The van der Waals surface area contributed by atoms with Gasteiger partial charge in [0.2, 0.25) is 0 Å². The molecule has 0 aromatic carbocycles. The normalized spacial score (nSPS) is 11.4. The molecule has 0 radical (unpaired) electrons. The second-order valence-electron chi connectivity index (χ2n) is 4.12. The Morgan fingerprint density at radius 2 is 1.35 bits per heavy atom. The molecular formula is C15H24O5. The van der Waals surface area contributed by atoms with Crippen LogP contribution in [0.2, 0.25) is 0 Å². The Morgan fingerprint density at radius 1 is 0.950 bits per heavy atom. The van der Waals surface area contributed by atoms with Crippen LogP contribution in [-0.4, -0.2) is 36.4 Å². The van der Waals surface area contributed by atoms with Crippen LogP contribution >= 0.6 is 0 Å². The van der Waals surface area contributed by atoms with Crippen LogP contribution in [0.5, 0.6) is 0 Å². The maximum Gasteiger partial charge on any atom is 0.330 e. The summed E-state index contributed by atoms with van der Waals surface area (Å²) in [6.07, 6.45) is 8.04. The standard InChI is InChI=1S/C15H24O5/c1-3-19-14(17)11-7-5-9-13(16)10-6-8-12-15(18)20-4-2/h7-8,11-13,16H,3-6,9-10H2,1-2H3/b11-7+,12-8+. The number of hydrogen-bond donors (Lipinski definition) is 1. The van der Waals surface area contributed by atoms with Crippen molar-refractivity contribution < 1.29 is 24.2 Å². The number of carbonyl (C=O) groups is 2. The summed E-state index contributed by atoms with van der Waals surface area (Å²) in [5.74, 6) is -0.723. The molecule has 0 aliphatic carbocycles. The van der Waals surface area contributed by atoms with Gasteiger partial charge in [0, 0.05) is 12.2 Å². The molecule has 0 rings (SSSR count). The largest absolute Gasteiger partial charge is 0.463 e. The highest BCUT2D eigenvalue weighted by atomic mass is 16.5. The number of ether oxygens (including phenoxy) is 2. The lowest BCUT2D eigenvalue weighted by Crippen LogP contribution is -2.05. The molecule has 0 heterocycles. The molecule has 20 heavy (non-hydrogen) atoms. The summed E-state index contributed by atoms with van der Waals surface area (Å²) in [6.45, 7) is 4.22. The first-order valence-corrected chi connectivity index (χ1v) is 6.94. The topological polar surface area (TPSA) is 72.8 Å². The van der Waals surface area contributed by atoms with Gasteiger partial charge in [-0.3, -0.25) is 0 Å². The van der Waals surface area contributed by atoms with E-state index in [2.05, 4.69) is 0 Å². The average molecular weight is 284 g/mol. The van der Waals surface area contributed by atoms with Crippen LogP contribution in [0.25, 0.3) is 0 Å². The van der Waals surface area contributed by atoms with Crippen molar-refractivity contribution in [2.45, 2.75) is 45.6 Å². The second-order valence-corrected chi connectivity index (χ2v) is 4.12. The zero-order valence-electron chi connectivity index (χ0n) is 12.2. The molecule has 0 aliphatic rings. The highest BCUT2D eigenvalue weighted by molar-refractivity contribution is 5.82. The van der Waals surface area contributed by atoms with E-state index in [4.69, 9.17) is 9.47 Å². The fraction of sp³-hybridized carbons (Fsp3) is 0.600. The SMILES string of the molecule is CCOC(=O)/C=C/CCC(O)CC/C=C/C(=O)OCC. The Balaban J connectivity index is 3.66. The van der Waals surface area contributed by atoms with E-state index in [1.807, 2.05) is 0 Å². The van der Waals surface area contributed by atoms with E-state index in [9.17, 15) is 14.7 Å². The third-order valence-electron chi connectivity index (χ3n) is 2.41. The Labute approximate surface area is 120 Å². The third kappa shape index (κ3) is 11.5. The van der Waals surface area contributed by atoms with E-state index in [-0.39, 0.29) is 11.9 Å². The molecule has 0 unspecified atom stereocenters. The van der Waals surface area contributed by atoms with Crippen molar-refractivity contribution in [1.82, 2.24) is 0 Å². The molecular weight excluding hydrogens is 260 g/mol. The first-order valence-electron chi connectivity index (χ1n) is 6.94. The summed E-state index contributed by atoms with van der Waals surface area (Å²) in [5, 5.41) is 9.69. The van der Waals surface area contributed by atoms with E-state index in [1.54, 1.807) is 26.0 Å². The molecule has 0 aromatic rings. The van der Waals surface area contributed by atoms with Crippen molar-refractivity contribution in [2.24, 2.45) is 0 Å². The zero-order chi connectivity index (χ0) is 15.2. The minimum Gasteiger partial charge on any atom is -0.463 e.